The van der Waals surface area contributed by atoms with Crippen molar-refractivity contribution in [2.24, 2.45) is 16.7 Å². The SMILES string of the molecule is CCC(C)(C)C(C)(CC(C)C)C(=O)OC(C)OC1CCOc2ccccc21. The highest BCUT2D eigenvalue weighted by atomic mass is 16.7. The number of esters is 1. The Labute approximate surface area is 164 Å². The molecule has 0 spiro atoms. The van der Waals surface area contributed by atoms with Crippen LogP contribution in [0.4, 0.5) is 0 Å². The van der Waals surface area contributed by atoms with Gasteiger partial charge in [-0.3, -0.25) is 4.79 Å². The first kappa shape index (κ1) is 21.7. The molecule has 0 amide bonds. The number of carbonyl (C=O) groups excluding carboxylic acids is 1. The Kier molecular flexibility index (Phi) is 6.96. The summed E-state index contributed by atoms with van der Waals surface area (Å²) in [5.41, 5.74) is 0.311. The van der Waals surface area contributed by atoms with Gasteiger partial charge in [0.1, 0.15) is 5.75 Å². The molecular formula is C23H36O4. The summed E-state index contributed by atoms with van der Waals surface area (Å²) in [5, 5.41) is 0. The highest BCUT2D eigenvalue weighted by molar-refractivity contribution is 5.77. The van der Waals surface area contributed by atoms with Gasteiger partial charge in [0.2, 0.25) is 6.29 Å². The molecule has 1 aliphatic heterocycles. The molecule has 1 aromatic carbocycles. The summed E-state index contributed by atoms with van der Waals surface area (Å²) in [5.74, 6) is 1.09. The summed E-state index contributed by atoms with van der Waals surface area (Å²) in [6.07, 6.45) is 1.73. The fourth-order valence-electron chi connectivity index (χ4n) is 3.83. The van der Waals surface area contributed by atoms with Gasteiger partial charge in [-0.1, -0.05) is 52.8 Å². The van der Waals surface area contributed by atoms with Crippen LogP contribution in [-0.4, -0.2) is 18.9 Å². The molecule has 4 nitrogen and oxygen atoms in total. The second kappa shape index (κ2) is 8.64. The number of hydrogen-bond donors (Lipinski definition) is 0. The molecule has 0 aromatic heterocycles. The lowest BCUT2D eigenvalue weighted by atomic mass is 9.62. The highest BCUT2D eigenvalue weighted by Gasteiger charge is 2.48. The largest absolute Gasteiger partial charge is 0.493 e. The molecule has 1 aliphatic rings. The molecule has 0 saturated heterocycles. The van der Waals surface area contributed by atoms with Crippen molar-refractivity contribution in [3.05, 3.63) is 29.8 Å². The van der Waals surface area contributed by atoms with Crippen LogP contribution in [0.2, 0.25) is 0 Å². The third-order valence-corrected chi connectivity index (χ3v) is 6.18. The summed E-state index contributed by atoms with van der Waals surface area (Å²) >= 11 is 0. The highest BCUT2D eigenvalue weighted by Crippen LogP contribution is 2.47. The van der Waals surface area contributed by atoms with E-state index in [2.05, 4.69) is 34.6 Å². The second-order valence-corrected chi connectivity index (χ2v) is 8.94. The third kappa shape index (κ3) is 4.84. The van der Waals surface area contributed by atoms with Gasteiger partial charge in [0.25, 0.3) is 0 Å². The minimum absolute atomic E-state index is 0.117. The van der Waals surface area contributed by atoms with E-state index in [1.165, 1.54) is 0 Å². The van der Waals surface area contributed by atoms with E-state index in [1.54, 1.807) is 0 Å². The van der Waals surface area contributed by atoms with Crippen molar-refractivity contribution >= 4 is 5.97 Å². The Morgan fingerprint density at radius 3 is 2.52 bits per heavy atom. The van der Waals surface area contributed by atoms with Crippen LogP contribution in [0.1, 0.15) is 79.4 Å². The second-order valence-electron chi connectivity index (χ2n) is 8.94. The average Bonchev–Trinajstić information content (AvgIpc) is 2.61. The van der Waals surface area contributed by atoms with E-state index in [1.807, 2.05) is 38.1 Å². The first-order valence-corrected chi connectivity index (χ1v) is 10.2. The minimum Gasteiger partial charge on any atom is -0.493 e. The van der Waals surface area contributed by atoms with E-state index in [4.69, 9.17) is 14.2 Å². The predicted molar refractivity (Wildman–Crippen MR) is 108 cm³/mol. The first-order valence-electron chi connectivity index (χ1n) is 10.2. The molecule has 4 heteroatoms. The Morgan fingerprint density at radius 2 is 1.89 bits per heavy atom. The Bertz CT molecular complexity index is 637. The topological polar surface area (TPSA) is 44.8 Å². The molecular weight excluding hydrogens is 340 g/mol. The lowest BCUT2D eigenvalue weighted by Crippen LogP contribution is -2.45. The van der Waals surface area contributed by atoms with Crippen LogP contribution in [0.25, 0.3) is 0 Å². The molecule has 0 fully saturated rings. The van der Waals surface area contributed by atoms with Crippen LogP contribution in [0.3, 0.4) is 0 Å². The number of para-hydroxylation sites is 1. The molecule has 2 rings (SSSR count). The van der Waals surface area contributed by atoms with Crippen LogP contribution in [0.15, 0.2) is 24.3 Å². The first-order chi connectivity index (χ1) is 12.6. The fraction of sp³-hybridized carbons (Fsp3) is 0.696. The Balaban J connectivity index is 2.10. The number of hydrogen-bond acceptors (Lipinski definition) is 4. The quantitative estimate of drug-likeness (QED) is 0.418. The van der Waals surface area contributed by atoms with Gasteiger partial charge in [0, 0.05) is 12.0 Å². The Hall–Kier alpha value is -1.55. The standard InChI is InChI=1S/C23H36O4/c1-8-22(5,6)23(7,15-16(2)3)21(24)27-17(4)26-20-13-14-25-19-12-10-9-11-18(19)20/h9-12,16-17,20H,8,13-15H2,1-7H3. The zero-order valence-electron chi connectivity index (χ0n) is 18.0. The van der Waals surface area contributed by atoms with Crippen LogP contribution in [-0.2, 0) is 14.3 Å². The van der Waals surface area contributed by atoms with Crippen LogP contribution in [0, 0.1) is 16.7 Å². The number of rotatable bonds is 8. The van der Waals surface area contributed by atoms with Crippen molar-refractivity contribution in [2.45, 2.75) is 80.1 Å². The summed E-state index contributed by atoms with van der Waals surface area (Å²) in [4.78, 5) is 13.2. The molecule has 0 N–H and O–H groups in total. The molecule has 3 atom stereocenters. The number of benzene rings is 1. The lowest BCUT2D eigenvalue weighted by molar-refractivity contribution is -0.205. The van der Waals surface area contributed by atoms with E-state index in [-0.39, 0.29) is 17.5 Å². The van der Waals surface area contributed by atoms with Gasteiger partial charge in [-0.05, 0) is 44.1 Å². The zero-order valence-corrected chi connectivity index (χ0v) is 18.0. The van der Waals surface area contributed by atoms with Gasteiger partial charge >= 0.3 is 5.97 Å². The summed E-state index contributed by atoms with van der Waals surface area (Å²) in [7, 11) is 0. The number of ether oxygens (including phenoxy) is 3. The molecule has 0 saturated carbocycles. The van der Waals surface area contributed by atoms with Crippen molar-refractivity contribution in [1.29, 1.82) is 0 Å². The van der Waals surface area contributed by atoms with Crippen molar-refractivity contribution in [2.75, 3.05) is 6.61 Å². The van der Waals surface area contributed by atoms with Gasteiger partial charge in [0.05, 0.1) is 18.1 Å². The molecule has 3 unspecified atom stereocenters. The van der Waals surface area contributed by atoms with Crippen molar-refractivity contribution < 1.29 is 19.0 Å². The van der Waals surface area contributed by atoms with Crippen molar-refractivity contribution in [1.82, 2.24) is 0 Å². The van der Waals surface area contributed by atoms with Crippen LogP contribution >= 0.6 is 0 Å². The Morgan fingerprint density at radius 1 is 1.22 bits per heavy atom. The van der Waals surface area contributed by atoms with Gasteiger partial charge in [-0.2, -0.15) is 0 Å². The average molecular weight is 377 g/mol. The van der Waals surface area contributed by atoms with Crippen LogP contribution < -0.4 is 4.74 Å². The zero-order chi connectivity index (χ0) is 20.2. The van der Waals surface area contributed by atoms with Gasteiger partial charge in [0.15, 0.2) is 0 Å². The third-order valence-electron chi connectivity index (χ3n) is 6.18. The van der Waals surface area contributed by atoms with E-state index in [0.717, 1.165) is 30.6 Å². The van der Waals surface area contributed by atoms with Gasteiger partial charge in [-0.25, -0.2) is 0 Å². The lowest BCUT2D eigenvalue weighted by Gasteiger charge is -2.43. The fourth-order valence-corrected chi connectivity index (χ4v) is 3.83. The maximum Gasteiger partial charge on any atom is 0.314 e. The molecule has 0 bridgehead atoms. The molecule has 1 heterocycles. The van der Waals surface area contributed by atoms with E-state index >= 15 is 0 Å². The number of carbonyl (C=O) groups is 1. The maximum atomic E-state index is 13.2. The molecule has 0 aliphatic carbocycles. The van der Waals surface area contributed by atoms with Crippen molar-refractivity contribution in [3.8, 4) is 5.75 Å². The predicted octanol–water partition coefficient (Wildman–Crippen LogP) is 5.90. The maximum absolute atomic E-state index is 13.2. The van der Waals surface area contributed by atoms with Gasteiger partial charge in [-0.15, -0.1) is 0 Å². The summed E-state index contributed by atoms with van der Waals surface area (Å²) in [6.45, 7) is 15.2. The normalized spacial score (nSPS) is 20.4. The van der Waals surface area contributed by atoms with Crippen LogP contribution in [0.5, 0.6) is 5.75 Å². The van der Waals surface area contributed by atoms with Crippen molar-refractivity contribution in [3.63, 3.8) is 0 Å². The monoisotopic (exact) mass is 376 g/mol. The molecule has 1 aromatic rings. The summed E-state index contributed by atoms with van der Waals surface area (Å²) in [6, 6.07) is 7.89. The van der Waals surface area contributed by atoms with Gasteiger partial charge < -0.3 is 14.2 Å². The number of fused-ring (bicyclic) bond motifs is 1. The smallest absolute Gasteiger partial charge is 0.314 e. The molecule has 27 heavy (non-hydrogen) atoms. The van der Waals surface area contributed by atoms with E-state index < -0.39 is 11.7 Å². The van der Waals surface area contributed by atoms with E-state index in [0.29, 0.717) is 12.5 Å². The molecule has 0 radical (unpaired) electrons. The minimum atomic E-state index is -0.604. The summed E-state index contributed by atoms with van der Waals surface area (Å²) < 4.78 is 17.6. The molecule has 152 valence electrons. The van der Waals surface area contributed by atoms with E-state index in [9.17, 15) is 4.79 Å².